The second-order valence-corrected chi connectivity index (χ2v) is 3.60. The van der Waals surface area contributed by atoms with Gasteiger partial charge in [0.1, 0.15) is 6.54 Å². The molecule has 17 heavy (non-hydrogen) atoms. The Labute approximate surface area is 104 Å². The Morgan fingerprint density at radius 3 is 2.59 bits per heavy atom. The summed E-state index contributed by atoms with van der Waals surface area (Å²) in [6.45, 7) is 4.05. The summed E-state index contributed by atoms with van der Waals surface area (Å²) in [4.78, 5) is 24.5. The van der Waals surface area contributed by atoms with E-state index in [0.717, 1.165) is 0 Å². The van der Waals surface area contributed by atoms with Crippen molar-refractivity contribution < 1.29 is 18.7 Å². The van der Waals surface area contributed by atoms with E-state index in [1.165, 1.54) is 17.0 Å². The number of esters is 1. The summed E-state index contributed by atoms with van der Waals surface area (Å²) in [5.41, 5.74) is 0. The van der Waals surface area contributed by atoms with Crippen molar-refractivity contribution in [3.8, 4) is 0 Å². The fraction of sp³-hybridized carbons (Fsp3) is 0.455. The lowest BCUT2D eigenvalue weighted by atomic mass is 10.3. The highest BCUT2D eigenvalue weighted by molar-refractivity contribution is 6.29. The van der Waals surface area contributed by atoms with Gasteiger partial charge in [-0.15, -0.1) is 0 Å². The smallest absolute Gasteiger partial charge is 0.325 e. The molecule has 0 aliphatic carbocycles. The van der Waals surface area contributed by atoms with Gasteiger partial charge in [0.15, 0.2) is 11.0 Å². The molecule has 0 atom stereocenters. The van der Waals surface area contributed by atoms with Crippen LogP contribution < -0.4 is 0 Å². The van der Waals surface area contributed by atoms with Crippen LogP contribution in [0.15, 0.2) is 16.5 Å². The number of carbonyl (C=O) groups is 2. The molecule has 5 nitrogen and oxygen atoms in total. The normalized spacial score (nSPS) is 10.1. The first kappa shape index (κ1) is 13.6. The second-order valence-electron chi connectivity index (χ2n) is 3.23. The third-order valence-corrected chi connectivity index (χ3v) is 2.28. The third kappa shape index (κ3) is 3.78. The number of hydrogen-bond donors (Lipinski definition) is 0. The predicted octanol–water partition coefficient (Wildman–Crippen LogP) is 1.96. The van der Waals surface area contributed by atoms with E-state index in [4.69, 9.17) is 20.8 Å². The molecule has 0 fully saturated rings. The monoisotopic (exact) mass is 259 g/mol. The Morgan fingerprint density at radius 2 is 2.12 bits per heavy atom. The standard InChI is InChI=1S/C11H14ClNO4/c1-3-13(7-10(14)16-4-2)11(15)8-5-6-9(12)17-8/h5-6H,3-4,7H2,1-2H3. The van der Waals surface area contributed by atoms with Crippen LogP contribution in [0.2, 0.25) is 5.22 Å². The van der Waals surface area contributed by atoms with Gasteiger partial charge in [-0.3, -0.25) is 9.59 Å². The summed E-state index contributed by atoms with van der Waals surface area (Å²) in [6.07, 6.45) is 0. The lowest BCUT2D eigenvalue weighted by Gasteiger charge is -2.18. The van der Waals surface area contributed by atoms with Gasteiger partial charge in [0.25, 0.3) is 5.91 Å². The first-order valence-electron chi connectivity index (χ1n) is 5.28. The number of halogens is 1. The zero-order chi connectivity index (χ0) is 12.8. The summed E-state index contributed by atoms with van der Waals surface area (Å²) < 4.78 is 9.77. The SMILES string of the molecule is CCOC(=O)CN(CC)C(=O)c1ccc(Cl)o1. The molecule has 0 radical (unpaired) electrons. The van der Waals surface area contributed by atoms with E-state index in [2.05, 4.69) is 0 Å². The predicted molar refractivity (Wildman–Crippen MR) is 61.9 cm³/mol. The van der Waals surface area contributed by atoms with E-state index in [0.29, 0.717) is 6.54 Å². The highest BCUT2D eigenvalue weighted by atomic mass is 35.5. The summed E-state index contributed by atoms with van der Waals surface area (Å²) in [5, 5.41) is 0.139. The fourth-order valence-corrected chi connectivity index (χ4v) is 1.42. The van der Waals surface area contributed by atoms with E-state index in [1.54, 1.807) is 13.8 Å². The Morgan fingerprint density at radius 1 is 1.41 bits per heavy atom. The van der Waals surface area contributed by atoms with Crippen LogP contribution in [-0.4, -0.2) is 36.5 Å². The number of carbonyl (C=O) groups excluding carboxylic acids is 2. The first-order valence-corrected chi connectivity index (χ1v) is 5.66. The molecule has 0 saturated heterocycles. The minimum Gasteiger partial charge on any atom is -0.465 e. The summed E-state index contributed by atoms with van der Waals surface area (Å²) in [6, 6.07) is 2.95. The van der Waals surface area contributed by atoms with Crippen molar-refractivity contribution in [2.45, 2.75) is 13.8 Å². The van der Waals surface area contributed by atoms with Crippen LogP contribution in [0, 0.1) is 0 Å². The highest BCUT2D eigenvalue weighted by Gasteiger charge is 2.20. The van der Waals surface area contributed by atoms with Crippen molar-refractivity contribution in [1.82, 2.24) is 4.90 Å². The zero-order valence-corrected chi connectivity index (χ0v) is 10.5. The average molecular weight is 260 g/mol. The van der Waals surface area contributed by atoms with Gasteiger partial charge < -0.3 is 14.1 Å². The minimum absolute atomic E-state index is 0.0957. The Balaban J connectivity index is 2.67. The Kier molecular flexibility index (Phi) is 5.03. The summed E-state index contributed by atoms with van der Waals surface area (Å²) >= 11 is 5.58. The molecular formula is C11H14ClNO4. The van der Waals surface area contributed by atoms with Gasteiger partial charge in [-0.05, 0) is 37.6 Å². The molecule has 0 aliphatic rings. The Hall–Kier alpha value is -1.49. The van der Waals surface area contributed by atoms with Crippen molar-refractivity contribution in [1.29, 1.82) is 0 Å². The lowest BCUT2D eigenvalue weighted by Crippen LogP contribution is -2.36. The maximum Gasteiger partial charge on any atom is 0.325 e. The number of nitrogens with zero attached hydrogens (tertiary/aromatic N) is 1. The Bertz CT molecular complexity index is 402. The molecule has 0 N–H and O–H groups in total. The molecule has 0 aromatic carbocycles. The summed E-state index contributed by atoms with van der Waals surface area (Å²) in [5.74, 6) is -0.714. The molecule has 1 aromatic rings. The van der Waals surface area contributed by atoms with Gasteiger partial charge in [-0.25, -0.2) is 0 Å². The van der Waals surface area contributed by atoms with Crippen LogP contribution in [-0.2, 0) is 9.53 Å². The first-order chi connectivity index (χ1) is 8.08. The molecule has 0 bridgehead atoms. The minimum atomic E-state index is -0.444. The fourth-order valence-electron chi connectivity index (χ4n) is 1.27. The molecule has 1 aromatic heterocycles. The van der Waals surface area contributed by atoms with Crippen molar-refractivity contribution in [2.75, 3.05) is 19.7 Å². The van der Waals surface area contributed by atoms with E-state index >= 15 is 0 Å². The van der Waals surface area contributed by atoms with Gasteiger partial charge in [0, 0.05) is 6.54 Å². The summed E-state index contributed by atoms with van der Waals surface area (Å²) in [7, 11) is 0. The van der Waals surface area contributed by atoms with E-state index in [-0.39, 0.29) is 30.0 Å². The van der Waals surface area contributed by atoms with Gasteiger partial charge >= 0.3 is 5.97 Å². The van der Waals surface area contributed by atoms with E-state index < -0.39 is 5.97 Å². The number of hydrogen-bond acceptors (Lipinski definition) is 4. The van der Waals surface area contributed by atoms with Gasteiger partial charge in [-0.2, -0.15) is 0 Å². The zero-order valence-electron chi connectivity index (χ0n) is 9.73. The molecule has 0 unspecified atom stereocenters. The average Bonchev–Trinajstić information content (AvgIpc) is 2.72. The number of rotatable bonds is 5. The molecule has 1 amide bonds. The quantitative estimate of drug-likeness (QED) is 0.759. The van der Waals surface area contributed by atoms with Crippen LogP contribution in [0.4, 0.5) is 0 Å². The molecule has 6 heteroatoms. The van der Waals surface area contributed by atoms with Gasteiger partial charge in [0.2, 0.25) is 0 Å². The topological polar surface area (TPSA) is 59.8 Å². The van der Waals surface area contributed by atoms with Crippen LogP contribution in [0.1, 0.15) is 24.4 Å². The molecule has 1 rings (SSSR count). The van der Waals surface area contributed by atoms with E-state index in [1.807, 2.05) is 0 Å². The molecule has 0 spiro atoms. The molecule has 0 aliphatic heterocycles. The van der Waals surface area contributed by atoms with Gasteiger partial charge in [0.05, 0.1) is 6.61 Å². The van der Waals surface area contributed by atoms with Gasteiger partial charge in [-0.1, -0.05) is 0 Å². The molecule has 94 valence electrons. The number of likely N-dealkylation sites (N-methyl/N-ethyl adjacent to an activating group) is 1. The highest BCUT2D eigenvalue weighted by Crippen LogP contribution is 2.15. The number of ether oxygens (including phenoxy) is 1. The van der Waals surface area contributed by atoms with Crippen molar-refractivity contribution >= 4 is 23.5 Å². The van der Waals surface area contributed by atoms with Crippen molar-refractivity contribution in [2.24, 2.45) is 0 Å². The third-order valence-electron chi connectivity index (χ3n) is 2.08. The maximum absolute atomic E-state index is 11.9. The largest absolute Gasteiger partial charge is 0.465 e. The van der Waals surface area contributed by atoms with Crippen molar-refractivity contribution in [3.63, 3.8) is 0 Å². The molecule has 0 saturated carbocycles. The van der Waals surface area contributed by atoms with Crippen LogP contribution in [0.25, 0.3) is 0 Å². The van der Waals surface area contributed by atoms with Crippen LogP contribution >= 0.6 is 11.6 Å². The van der Waals surface area contributed by atoms with Crippen LogP contribution in [0.5, 0.6) is 0 Å². The van der Waals surface area contributed by atoms with E-state index in [9.17, 15) is 9.59 Å². The second kappa shape index (κ2) is 6.30. The number of amides is 1. The lowest BCUT2D eigenvalue weighted by molar-refractivity contribution is -0.143. The maximum atomic E-state index is 11.9. The van der Waals surface area contributed by atoms with Crippen molar-refractivity contribution in [3.05, 3.63) is 23.1 Å². The molecule has 1 heterocycles. The molecular weight excluding hydrogens is 246 g/mol. The van der Waals surface area contributed by atoms with Crippen LogP contribution in [0.3, 0.4) is 0 Å². The number of furan rings is 1.